The van der Waals surface area contributed by atoms with Crippen LogP contribution in [0.5, 0.6) is 0 Å². The lowest BCUT2D eigenvalue weighted by molar-refractivity contribution is -0.118. The molecule has 0 spiro atoms. The normalized spacial score (nSPS) is 13.9. The van der Waals surface area contributed by atoms with Crippen molar-refractivity contribution in [2.24, 2.45) is 0 Å². The number of thioether (sulfide) groups is 1. The van der Waals surface area contributed by atoms with Crippen LogP contribution in [-0.2, 0) is 4.79 Å². The standard InChI is InChI=1S/C24H27N3O2S2/c1-16-8-9-20(17(2)14-16)27-23(29)22-19(11-13-30-22)26-24(27)31-15-21(28)25-12-10-18-6-4-3-5-7-18/h6,8-9,11,13-14H,3-5,7,10,12,15H2,1-2H3,(H,25,28). The summed E-state index contributed by atoms with van der Waals surface area (Å²) >= 11 is 2.71. The van der Waals surface area contributed by atoms with E-state index in [9.17, 15) is 9.59 Å². The second-order valence-corrected chi connectivity index (χ2v) is 9.82. The van der Waals surface area contributed by atoms with E-state index in [0.29, 0.717) is 21.9 Å². The first-order valence-corrected chi connectivity index (χ1v) is 12.5. The average Bonchev–Trinajstić information content (AvgIpc) is 3.23. The summed E-state index contributed by atoms with van der Waals surface area (Å²) in [5, 5.41) is 5.44. The zero-order valence-electron chi connectivity index (χ0n) is 17.9. The van der Waals surface area contributed by atoms with E-state index in [1.807, 2.05) is 37.4 Å². The number of carbonyl (C=O) groups is 1. The lowest BCUT2D eigenvalue weighted by Gasteiger charge is -2.15. The van der Waals surface area contributed by atoms with Crippen LogP contribution in [0.1, 0.15) is 43.2 Å². The summed E-state index contributed by atoms with van der Waals surface area (Å²) in [4.78, 5) is 30.4. The summed E-state index contributed by atoms with van der Waals surface area (Å²) in [5.74, 6) is 0.194. The Bertz CT molecular complexity index is 1190. The van der Waals surface area contributed by atoms with E-state index < -0.39 is 0 Å². The van der Waals surface area contributed by atoms with Gasteiger partial charge in [0, 0.05) is 6.54 Å². The molecule has 2 aromatic heterocycles. The predicted octanol–water partition coefficient (Wildman–Crippen LogP) is 5.16. The van der Waals surface area contributed by atoms with E-state index in [0.717, 1.165) is 36.1 Å². The van der Waals surface area contributed by atoms with Gasteiger partial charge in [0.05, 0.1) is 17.0 Å². The van der Waals surface area contributed by atoms with Gasteiger partial charge in [-0.05, 0) is 69.0 Å². The van der Waals surface area contributed by atoms with Gasteiger partial charge in [-0.1, -0.05) is 41.1 Å². The van der Waals surface area contributed by atoms with Crippen molar-refractivity contribution in [2.45, 2.75) is 51.1 Å². The molecule has 0 saturated heterocycles. The van der Waals surface area contributed by atoms with Crippen molar-refractivity contribution in [3.8, 4) is 5.69 Å². The maximum absolute atomic E-state index is 13.3. The molecule has 1 aliphatic rings. The molecule has 1 N–H and O–H groups in total. The van der Waals surface area contributed by atoms with Crippen molar-refractivity contribution in [1.29, 1.82) is 0 Å². The highest BCUT2D eigenvalue weighted by molar-refractivity contribution is 7.99. The zero-order chi connectivity index (χ0) is 21.8. The Balaban J connectivity index is 1.52. The van der Waals surface area contributed by atoms with Crippen molar-refractivity contribution in [3.63, 3.8) is 0 Å². The van der Waals surface area contributed by atoms with Gasteiger partial charge < -0.3 is 5.32 Å². The third-order valence-corrected chi connectivity index (χ3v) is 7.36. The third kappa shape index (κ3) is 5.10. The summed E-state index contributed by atoms with van der Waals surface area (Å²) in [7, 11) is 0. The molecule has 0 saturated carbocycles. The number of aromatic nitrogens is 2. The Kier molecular flexibility index (Phi) is 6.92. The number of rotatable bonds is 7. The Labute approximate surface area is 190 Å². The molecule has 0 unspecified atom stereocenters. The molecule has 5 nitrogen and oxygen atoms in total. The van der Waals surface area contributed by atoms with Crippen LogP contribution in [0.3, 0.4) is 0 Å². The molecule has 1 amide bonds. The number of nitrogens with zero attached hydrogens (tertiary/aromatic N) is 2. The number of aryl methyl sites for hydroxylation is 2. The molecule has 162 valence electrons. The average molecular weight is 454 g/mol. The van der Waals surface area contributed by atoms with E-state index in [1.54, 1.807) is 4.57 Å². The van der Waals surface area contributed by atoms with Crippen LogP contribution in [0, 0.1) is 13.8 Å². The second-order valence-electron chi connectivity index (χ2n) is 7.96. The van der Waals surface area contributed by atoms with E-state index in [4.69, 9.17) is 4.98 Å². The van der Waals surface area contributed by atoms with Gasteiger partial charge in [0.25, 0.3) is 5.56 Å². The van der Waals surface area contributed by atoms with Crippen LogP contribution >= 0.6 is 23.1 Å². The van der Waals surface area contributed by atoms with Crippen molar-refractivity contribution < 1.29 is 4.79 Å². The van der Waals surface area contributed by atoms with Crippen LogP contribution < -0.4 is 10.9 Å². The van der Waals surface area contributed by atoms with Gasteiger partial charge in [0.1, 0.15) is 4.70 Å². The number of carbonyl (C=O) groups excluding carboxylic acids is 1. The van der Waals surface area contributed by atoms with Crippen molar-refractivity contribution >= 4 is 39.2 Å². The highest BCUT2D eigenvalue weighted by Crippen LogP contribution is 2.25. The first kappa shape index (κ1) is 21.8. The highest BCUT2D eigenvalue weighted by Gasteiger charge is 2.17. The monoisotopic (exact) mass is 453 g/mol. The Hall–Kier alpha value is -2.38. The zero-order valence-corrected chi connectivity index (χ0v) is 19.6. The quantitative estimate of drug-likeness (QED) is 0.305. The van der Waals surface area contributed by atoms with Gasteiger partial charge in [0.15, 0.2) is 5.16 Å². The van der Waals surface area contributed by atoms with Gasteiger partial charge >= 0.3 is 0 Å². The first-order valence-electron chi connectivity index (χ1n) is 10.7. The lowest BCUT2D eigenvalue weighted by Crippen LogP contribution is -2.27. The van der Waals surface area contributed by atoms with Gasteiger partial charge in [-0.2, -0.15) is 0 Å². The molecule has 7 heteroatoms. The highest BCUT2D eigenvalue weighted by atomic mass is 32.2. The summed E-state index contributed by atoms with van der Waals surface area (Å²) < 4.78 is 2.29. The maximum atomic E-state index is 13.3. The SMILES string of the molecule is Cc1ccc(-n2c(SCC(=O)NCCC3=CCCCC3)nc3ccsc3c2=O)c(C)c1. The van der Waals surface area contributed by atoms with Crippen LogP contribution in [0.15, 0.2) is 51.2 Å². The van der Waals surface area contributed by atoms with Crippen LogP contribution in [-0.4, -0.2) is 27.8 Å². The molecule has 0 fully saturated rings. The largest absolute Gasteiger partial charge is 0.355 e. The van der Waals surface area contributed by atoms with Crippen LogP contribution in [0.25, 0.3) is 15.9 Å². The Morgan fingerprint density at radius 1 is 1.26 bits per heavy atom. The molecule has 2 heterocycles. The summed E-state index contributed by atoms with van der Waals surface area (Å²) in [6.07, 6.45) is 8.07. The summed E-state index contributed by atoms with van der Waals surface area (Å²) in [6.45, 7) is 4.68. The topological polar surface area (TPSA) is 64.0 Å². The van der Waals surface area contributed by atoms with Crippen LogP contribution in [0.2, 0.25) is 0 Å². The number of allylic oxidation sites excluding steroid dienone is 1. The maximum Gasteiger partial charge on any atom is 0.276 e. The molecule has 1 aromatic carbocycles. The van der Waals surface area contributed by atoms with E-state index >= 15 is 0 Å². The van der Waals surface area contributed by atoms with E-state index in [1.165, 1.54) is 41.5 Å². The molecule has 0 aliphatic heterocycles. The summed E-state index contributed by atoms with van der Waals surface area (Å²) in [5.41, 5.74) is 5.01. The Morgan fingerprint density at radius 3 is 2.90 bits per heavy atom. The van der Waals surface area contributed by atoms with Gasteiger partial charge in [-0.3, -0.25) is 14.2 Å². The number of fused-ring (bicyclic) bond motifs is 1. The second kappa shape index (κ2) is 9.83. The lowest BCUT2D eigenvalue weighted by atomic mass is 9.97. The number of amides is 1. The minimum Gasteiger partial charge on any atom is -0.355 e. The predicted molar refractivity (Wildman–Crippen MR) is 130 cm³/mol. The number of nitrogens with one attached hydrogen (secondary N) is 1. The van der Waals surface area contributed by atoms with Crippen LogP contribution in [0.4, 0.5) is 0 Å². The minimum atomic E-state index is -0.0842. The molecule has 31 heavy (non-hydrogen) atoms. The smallest absolute Gasteiger partial charge is 0.276 e. The molecule has 1 aliphatic carbocycles. The fraction of sp³-hybridized carbons (Fsp3) is 0.375. The van der Waals surface area contributed by atoms with Gasteiger partial charge in [-0.25, -0.2) is 4.98 Å². The van der Waals surface area contributed by atoms with Crippen molar-refractivity contribution in [2.75, 3.05) is 12.3 Å². The third-order valence-electron chi connectivity index (χ3n) is 5.53. The van der Waals surface area contributed by atoms with E-state index in [2.05, 4.69) is 17.5 Å². The number of thiophene rings is 1. The Morgan fingerprint density at radius 2 is 2.13 bits per heavy atom. The molecular formula is C24H27N3O2S2. The molecule has 4 rings (SSSR count). The molecule has 0 bridgehead atoms. The fourth-order valence-corrected chi connectivity index (χ4v) is 5.53. The number of benzene rings is 1. The van der Waals surface area contributed by atoms with E-state index in [-0.39, 0.29) is 17.2 Å². The first-order chi connectivity index (χ1) is 15.0. The molecular weight excluding hydrogens is 426 g/mol. The number of hydrogen-bond donors (Lipinski definition) is 1. The fourth-order valence-electron chi connectivity index (χ4n) is 3.93. The van der Waals surface area contributed by atoms with Gasteiger partial charge in [-0.15, -0.1) is 11.3 Å². The summed E-state index contributed by atoms with van der Waals surface area (Å²) in [6, 6.07) is 7.86. The number of hydrogen-bond acceptors (Lipinski definition) is 5. The van der Waals surface area contributed by atoms with Gasteiger partial charge in [0.2, 0.25) is 5.91 Å². The van der Waals surface area contributed by atoms with Crippen molar-refractivity contribution in [1.82, 2.24) is 14.9 Å². The minimum absolute atomic E-state index is 0.0340. The molecule has 0 atom stereocenters. The molecule has 0 radical (unpaired) electrons. The molecule has 3 aromatic rings. The van der Waals surface area contributed by atoms with Crippen molar-refractivity contribution in [3.05, 3.63) is 62.8 Å².